The van der Waals surface area contributed by atoms with Gasteiger partial charge in [0.05, 0.1) is 16.7 Å². The number of nitrogens with one attached hydrogen (secondary N) is 3. The zero-order valence-corrected chi connectivity index (χ0v) is 17.6. The fraction of sp³-hybridized carbons (Fsp3) is 0.368. The van der Waals surface area contributed by atoms with Gasteiger partial charge in [0, 0.05) is 30.4 Å². The predicted octanol–water partition coefficient (Wildman–Crippen LogP) is 3.49. The fourth-order valence-electron chi connectivity index (χ4n) is 3.13. The second-order valence-corrected chi connectivity index (χ2v) is 6.63. The number of benzene rings is 1. The Morgan fingerprint density at radius 2 is 2.10 bits per heavy atom. The first kappa shape index (κ1) is 24.6. The summed E-state index contributed by atoms with van der Waals surface area (Å²) in [4.78, 5) is 27.7. The molecule has 1 fully saturated rings. The van der Waals surface area contributed by atoms with Crippen LogP contribution >= 0.6 is 24.8 Å². The molecular formula is C19H25Cl2N5O3. The fourth-order valence-corrected chi connectivity index (χ4v) is 3.13. The van der Waals surface area contributed by atoms with Crippen LogP contribution in [0.25, 0.3) is 0 Å². The first-order chi connectivity index (χ1) is 13.0. The van der Waals surface area contributed by atoms with Crippen LogP contribution in [0.5, 0.6) is 0 Å². The van der Waals surface area contributed by atoms with Gasteiger partial charge in [-0.1, -0.05) is 6.07 Å². The Kier molecular flexibility index (Phi) is 9.80. The van der Waals surface area contributed by atoms with Crippen molar-refractivity contribution in [3.05, 3.63) is 64.0 Å². The molecule has 3 rings (SSSR count). The Morgan fingerprint density at radius 1 is 1.31 bits per heavy atom. The Bertz CT molecular complexity index is 817. The summed E-state index contributed by atoms with van der Waals surface area (Å²) in [6.45, 7) is 3.55. The van der Waals surface area contributed by atoms with Gasteiger partial charge in [0.2, 0.25) is 0 Å². The Labute approximate surface area is 181 Å². The van der Waals surface area contributed by atoms with Crippen LogP contribution in [0.1, 0.15) is 41.9 Å². The molecule has 1 amide bonds. The molecule has 10 heteroatoms. The minimum Gasteiger partial charge on any atom is -0.371 e. The highest BCUT2D eigenvalue weighted by atomic mass is 35.5. The van der Waals surface area contributed by atoms with Crippen LogP contribution in [0.3, 0.4) is 0 Å². The van der Waals surface area contributed by atoms with Crippen LogP contribution in [0.15, 0.2) is 42.6 Å². The molecule has 2 unspecified atom stereocenters. The third-order valence-corrected chi connectivity index (χ3v) is 4.59. The molecule has 1 aliphatic rings. The van der Waals surface area contributed by atoms with Gasteiger partial charge >= 0.3 is 0 Å². The minimum absolute atomic E-state index is 0. The van der Waals surface area contributed by atoms with E-state index < -0.39 is 4.92 Å². The molecule has 1 aromatic heterocycles. The summed E-state index contributed by atoms with van der Waals surface area (Å²) in [7, 11) is 0. The van der Waals surface area contributed by atoms with E-state index in [1.165, 1.54) is 6.07 Å². The molecule has 2 heterocycles. The van der Waals surface area contributed by atoms with Gasteiger partial charge in [0.15, 0.2) is 0 Å². The SMILES string of the molecule is CC(Nc1ccc(C(=O)NC2CCCNC2)cc1[N+](=O)[O-])c1ccccn1.Cl.Cl. The van der Waals surface area contributed by atoms with Gasteiger partial charge in [0.25, 0.3) is 11.6 Å². The molecule has 158 valence electrons. The minimum atomic E-state index is -0.480. The van der Waals surface area contributed by atoms with Crippen molar-refractivity contribution in [1.82, 2.24) is 15.6 Å². The van der Waals surface area contributed by atoms with Crippen molar-refractivity contribution in [2.24, 2.45) is 0 Å². The van der Waals surface area contributed by atoms with Gasteiger partial charge < -0.3 is 16.0 Å². The first-order valence-electron chi connectivity index (χ1n) is 9.02. The number of aromatic nitrogens is 1. The molecule has 1 aromatic carbocycles. The number of nitrogens with zero attached hydrogens (tertiary/aromatic N) is 2. The van der Waals surface area contributed by atoms with Crippen molar-refractivity contribution >= 4 is 42.1 Å². The summed E-state index contributed by atoms with van der Waals surface area (Å²) >= 11 is 0. The molecule has 8 nitrogen and oxygen atoms in total. The second kappa shape index (κ2) is 11.5. The number of amides is 1. The van der Waals surface area contributed by atoms with E-state index in [9.17, 15) is 14.9 Å². The van der Waals surface area contributed by atoms with E-state index >= 15 is 0 Å². The smallest absolute Gasteiger partial charge is 0.293 e. The number of halogens is 2. The van der Waals surface area contributed by atoms with Gasteiger partial charge in [-0.2, -0.15) is 0 Å². The number of rotatable bonds is 6. The van der Waals surface area contributed by atoms with Crippen LogP contribution in [0.2, 0.25) is 0 Å². The van der Waals surface area contributed by atoms with E-state index in [1.807, 2.05) is 25.1 Å². The van der Waals surface area contributed by atoms with Gasteiger partial charge in [-0.25, -0.2) is 0 Å². The maximum absolute atomic E-state index is 12.5. The lowest BCUT2D eigenvalue weighted by Crippen LogP contribution is -2.45. The highest BCUT2D eigenvalue weighted by molar-refractivity contribution is 5.96. The number of carbonyl (C=O) groups excluding carboxylic acids is 1. The van der Waals surface area contributed by atoms with Gasteiger partial charge in [-0.05, 0) is 50.6 Å². The summed E-state index contributed by atoms with van der Waals surface area (Å²) in [5.41, 5.74) is 1.28. The first-order valence-corrected chi connectivity index (χ1v) is 9.02. The van der Waals surface area contributed by atoms with Crippen molar-refractivity contribution in [1.29, 1.82) is 0 Å². The average Bonchev–Trinajstić information content (AvgIpc) is 2.69. The number of hydrogen-bond acceptors (Lipinski definition) is 6. The molecular weight excluding hydrogens is 417 g/mol. The van der Waals surface area contributed by atoms with Crippen molar-refractivity contribution < 1.29 is 9.72 Å². The summed E-state index contributed by atoms with van der Waals surface area (Å²) in [6, 6.07) is 9.86. The molecule has 0 bridgehead atoms. The Hall–Kier alpha value is -2.42. The summed E-state index contributed by atoms with van der Waals surface area (Å²) in [6.07, 6.45) is 3.58. The molecule has 2 atom stereocenters. The molecule has 0 radical (unpaired) electrons. The number of nitro groups is 1. The number of anilines is 1. The third-order valence-electron chi connectivity index (χ3n) is 4.59. The number of pyridine rings is 1. The van der Waals surface area contributed by atoms with Crippen molar-refractivity contribution in [2.75, 3.05) is 18.4 Å². The van der Waals surface area contributed by atoms with E-state index in [-0.39, 0.29) is 54.1 Å². The quantitative estimate of drug-likeness (QED) is 0.467. The maximum Gasteiger partial charge on any atom is 0.293 e. The van der Waals surface area contributed by atoms with Crippen molar-refractivity contribution in [3.63, 3.8) is 0 Å². The number of nitro benzene ring substituents is 1. The third kappa shape index (κ3) is 6.56. The van der Waals surface area contributed by atoms with Gasteiger partial charge in [-0.3, -0.25) is 19.9 Å². The van der Waals surface area contributed by atoms with E-state index in [0.29, 0.717) is 5.69 Å². The molecule has 1 aliphatic heterocycles. The highest BCUT2D eigenvalue weighted by Crippen LogP contribution is 2.29. The molecule has 3 N–H and O–H groups in total. The van der Waals surface area contributed by atoms with Crippen LogP contribution in [-0.2, 0) is 0 Å². The van der Waals surface area contributed by atoms with Crippen LogP contribution in [-0.4, -0.2) is 34.9 Å². The second-order valence-electron chi connectivity index (χ2n) is 6.63. The largest absolute Gasteiger partial charge is 0.371 e. The summed E-state index contributed by atoms with van der Waals surface area (Å²) < 4.78 is 0. The van der Waals surface area contributed by atoms with E-state index in [2.05, 4.69) is 20.9 Å². The summed E-state index contributed by atoms with van der Waals surface area (Å²) in [5, 5.41) is 20.8. The van der Waals surface area contributed by atoms with Crippen molar-refractivity contribution in [2.45, 2.75) is 31.8 Å². The Morgan fingerprint density at radius 3 is 2.72 bits per heavy atom. The van der Waals surface area contributed by atoms with Crippen LogP contribution in [0, 0.1) is 10.1 Å². The van der Waals surface area contributed by atoms with Crippen LogP contribution in [0.4, 0.5) is 11.4 Å². The van der Waals surface area contributed by atoms with Crippen molar-refractivity contribution in [3.8, 4) is 0 Å². The monoisotopic (exact) mass is 441 g/mol. The molecule has 0 aliphatic carbocycles. The Balaban J connectivity index is 0.00000210. The van der Waals surface area contributed by atoms with Crippen LogP contribution < -0.4 is 16.0 Å². The molecule has 0 spiro atoms. The average molecular weight is 442 g/mol. The molecule has 29 heavy (non-hydrogen) atoms. The topological polar surface area (TPSA) is 109 Å². The lowest BCUT2D eigenvalue weighted by molar-refractivity contribution is -0.384. The van der Waals surface area contributed by atoms with Gasteiger partial charge in [0.1, 0.15) is 5.69 Å². The lowest BCUT2D eigenvalue weighted by atomic mass is 10.1. The standard InChI is InChI=1S/C19H23N5O3.2ClH/c1-13(16-6-2-3-10-21-16)22-17-8-7-14(11-18(17)24(26)27)19(25)23-15-5-4-9-20-12-15;;/h2-3,6-8,10-11,13,15,20,22H,4-5,9,12H2,1H3,(H,23,25);2*1H. The molecule has 1 saturated heterocycles. The van der Waals surface area contributed by atoms with Gasteiger partial charge in [-0.15, -0.1) is 24.8 Å². The maximum atomic E-state index is 12.5. The molecule has 0 saturated carbocycles. The summed E-state index contributed by atoms with van der Waals surface area (Å²) in [5.74, 6) is -0.295. The lowest BCUT2D eigenvalue weighted by Gasteiger charge is -2.23. The zero-order valence-electron chi connectivity index (χ0n) is 16.0. The zero-order chi connectivity index (χ0) is 19.2. The number of piperidine rings is 1. The molecule has 2 aromatic rings. The predicted molar refractivity (Wildman–Crippen MR) is 117 cm³/mol. The highest BCUT2D eigenvalue weighted by Gasteiger charge is 2.21. The van der Waals surface area contributed by atoms with E-state index in [1.54, 1.807) is 18.3 Å². The number of carbonyl (C=O) groups is 1. The van der Waals surface area contributed by atoms with E-state index in [4.69, 9.17) is 0 Å². The number of hydrogen-bond donors (Lipinski definition) is 3. The normalized spacial score (nSPS) is 16.5. The van der Waals surface area contributed by atoms with E-state index in [0.717, 1.165) is 31.6 Å².